The summed E-state index contributed by atoms with van der Waals surface area (Å²) in [5, 5.41) is 0. The highest BCUT2D eigenvalue weighted by Gasteiger charge is 2.36. The third-order valence-corrected chi connectivity index (χ3v) is 7.51. The van der Waals surface area contributed by atoms with Gasteiger partial charge in [0.25, 0.3) is 0 Å². The SMILES string of the molecule is CC(C)C(N)=O.O=C1CS(=O)c2ccccc2N1CCCN1C2CCCC1CC2.[HH]. The molecule has 0 spiro atoms. The first-order chi connectivity index (χ1) is 13.9. The molecule has 0 radical (unpaired) electrons. The second-order valence-electron chi connectivity index (χ2n) is 8.47. The average molecular weight is 422 g/mol. The van der Waals surface area contributed by atoms with Crippen molar-refractivity contribution in [2.24, 2.45) is 11.7 Å². The number of hydrogen-bond acceptors (Lipinski definition) is 4. The topological polar surface area (TPSA) is 83.7 Å². The minimum atomic E-state index is -1.18. The molecule has 2 N–H and O–H groups in total. The normalized spacial score (nSPS) is 26.1. The summed E-state index contributed by atoms with van der Waals surface area (Å²) >= 11 is 0. The number of piperidine rings is 1. The Bertz CT molecular complexity index is 758. The standard InChI is InChI=1S/C18H24N2O2S.C4H9NO.H2/c21-18-13-23(22)17-8-2-1-7-16(17)20(18)12-4-11-19-14-5-3-6-15(19)10-9-14;1-3(2)4(5)6;/h1-2,7-8,14-15H,3-6,9-13H2;3H,1-2H3,(H2,5,6);1H. The van der Waals surface area contributed by atoms with E-state index in [4.69, 9.17) is 5.73 Å². The number of nitrogens with two attached hydrogens (primary N) is 1. The zero-order valence-electron chi connectivity index (χ0n) is 17.5. The molecule has 3 aliphatic rings. The molecule has 0 aromatic heterocycles. The van der Waals surface area contributed by atoms with Gasteiger partial charge in [-0.25, -0.2) is 0 Å². The molecule has 1 aromatic carbocycles. The molecule has 29 heavy (non-hydrogen) atoms. The van der Waals surface area contributed by atoms with E-state index in [1.807, 2.05) is 29.2 Å². The van der Waals surface area contributed by atoms with E-state index in [0.29, 0.717) is 0 Å². The summed E-state index contributed by atoms with van der Waals surface area (Å²) in [4.78, 5) is 27.6. The van der Waals surface area contributed by atoms with Gasteiger partial charge in [0.15, 0.2) is 0 Å². The van der Waals surface area contributed by atoms with Crippen molar-refractivity contribution in [2.75, 3.05) is 23.7 Å². The number of carbonyl (C=O) groups is 2. The second-order valence-corrected chi connectivity index (χ2v) is 9.89. The Balaban J connectivity index is 0.000000405. The molecule has 1 aromatic rings. The smallest absolute Gasteiger partial charge is 0.240 e. The number of para-hydroxylation sites is 1. The number of carbonyl (C=O) groups excluding carboxylic acids is 2. The van der Waals surface area contributed by atoms with Crippen LogP contribution >= 0.6 is 0 Å². The van der Waals surface area contributed by atoms with Gasteiger partial charge in [0.05, 0.1) is 21.4 Å². The molecule has 3 atom stereocenters. The molecule has 162 valence electrons. The molecule has 0 aliphatic carbocycles. The number of primary amides is 1. The van der Waals surface area contributed by atoms with Crippen LogP contribution in [0.4, 0.5) is 5.69 Å². The van der Waals surface area contributed by atoms with Gasteiger partial charge in [-0.05, 0) is 44.2 Å². The lowest BCUT2D eigenvalue weighted by atomic mass is 10.0. The van der Waals surface area contributed by atoms with Crippen LogP contribution in [0.15, 0.2) is 29.2 Å². The van der Waals surface area contributed by atoms with Crippen molar-refractivity contribution < 1.29 is 15.2 Å². The quantitative estimate of drug-likeness (QED) is 0.792. The molecule has 0 saturated carbocycles. The highest BCUT2D eigenvalue weighted by atomic mass is 32.2. The minimum absolute atomic E-state index is 0. The summed E-state index contributed by atoms with van der Waals surface area (Å²) in [7, 11) is -1.18. The first-order valence-corrected chi connectivity index (χ1v) is 12.0. The van der Waals surface area contributed by atoms with E-state index >= 15 is 0 Å². The summed E-state index contributed by atoms with van der Waals surface area (Å²) in [6.07, 6.45) is 7.79. The number of anilines is 1. The molecule has 2 bridgehead atoms. The molecule has 2 saturated heterocycles. The van der Waals surface area contributed by atoms with E-state index in [-0.39, 0.29) is 24.9 Å². The summed E-state index contributed by atoms with van der Waals surface area (Å²) in [6.45, 7) is 5.36. The Labute approximate surface area is 177 Å². The van der Waals surface area contributed by atoms with Crippen LogP contribution in [-0.4, -0.2) is 51.8 Å². The van der Waals surface area contributed by atoms with Gasteiger partial charge < -0.3 is 10.6 Å². The van der Waals surface area contributed by atoms with Gasteiger partial charge in [-0.2, -0.15) is 0 Å². The average Bonchev–Trinajstić information content (AvgIpc) is 2.91. The molecule has 3 unspecified atom stereocenters. The lowest BCUT2D eigenvalue weighted by Crippen LogP contribution is -2.43. The highest BCUT2D eigenvalue weighted by molar-refractivity contribution is 7.86. The van der Waals surface area contributed by atoms with Crippen LogP contribution in [-0.2, 0) is 20.4 Å². The predicted molar refractivity (Wildman–Crippen MR) is 118 cm³/mol. The van der Waals surface area contributed by atoms with Crippen molar-refractivity contribution in [3.8, 4) is 0 Å². The molecule has 7 heteroatoms. The maximum absolute atomic E-state index is 12.3. The molecule has 6 nitrogen and oxygen atoms in total. The van der Waals surface area contributed by atoms with E-state index in [9.17, 15) is 13.8 Å². The Morgan fingerprint density at radius 2 is 1.79 bits per heavy atom. The van der Waals surface area contributed by atoms with E-state index in [2.05, 4.69) is 4.90 Å². The fourth-order valence-corrected chi connectivity index (χ4v) is 5.70. The molecule has 3 aliphatic heterocycles. The van der Waals surface area contributed by atoms with Crippen molar-refractivity contribution in [3.63, 3.8) is 0 Å². The molecule has 2 amide bonds. The number of amides is 2. The van der Waals surface area contributed by atoms with Gasteiger partial charge in [-0.1, -0.05) is 32.4 Å². The Kier molecular flexibility index (Phi) is 7.46. The Morgan fingerprint density at radius 1 is 1.17 bits per heavy atom. The fraction of sp³-hybridized carbons (Fsp3) is 0.636. The van der Waals surface area contributed by atoms with E-state index in [1.165, 1.54) is 32.1 Å². The van der Waals surface area contributed by atoms with Crippen molar-refractivity contribution in [2.45, 2.75) is 69.4 Å². The third-order valence-electron chi connectivity index (χ3n) is 6.17. The van der Waals surface area contributed by atoms with Crippen molar-refractivity contribution in [3.05, 3.63) is 24.3 Å². The van der Waals surface area contributed by atoms with E-state index in [0.717, 1.165) is 42.2 Å². The van der Waals surface area contributed by atoms with Crippen molar-refractivity contribution in [1.29, 1.82) is 0 Å². The lowest BCUT2D eigenvalue weighted by molar-refractivity contribution is -0.120. The molecule has 3 heterocycles. The van der Waals surface area contributed by atoms with E-state index < -0.39 is 10.8 Å². The van der Waals surface area contributed by atoms with Crippen LogP contribution in [0, 0.1) is 5.92 Å². The number of benzene rings is 1. The lowest BCUT2D eigenvalue weighted by Gasteiger charge is -2.35. The molecular formula is C22H35N3O3S. The first-order valence-electron chi connectivity index (χ1n) is 10.7. The van der Waals surface area contributed by atoms with Crippen LogP contribution in [0.3, 0.4) is 0 Å². The van der Waals surface area contributed by atoms with Gasteiger partial charge in [-0.3, -0.25) is 18.7 Å². The van der Waals surface area contributed by atoms with Crippen molar-refractivity contribution in [1.82, 2.24) is 4.90 Å². The summed E-state index contributed by atoms with van der Waals surface area (Å²) in [5.41, 5.74) is 5.65. The number of fused-ring (bicyclic) bond motifs is 3. The van der Waals surface area contributed by atoms with Crippen LogP contribution in [0.25, 0.3) is 0 Å². The van der Waals surface area contributed by atoms with Crippen LogP contribution < -0.4 is 10.6 Å². The first kappa shape index (κ1) is 22.0. The third kappa shape index (κ3) is 5.25. The maximum Gasteiger partial charge on any atom is 0.240 e. The van der Waals surface area contributed by atoms with Gasteiger partial charge in [0.2, 0.25) is 11.8 Å². The maximum atomic E-state index is 12.3. The zero-order valence-corrected chi connectivity index (χ0v) is 18.3. The van der Waals surface area contributed by atoms with Gasteiger partial charge in [-0.15, -0.1) is 0 Å². The summed E-state index contributed by atoms with van der Waals surface area (Å²) in [6, 6.07) is 9.20. The van der Waals surface area contributed by atoms with Crippen LogP contribution in [0.1, 0.15) is 53.8 Å². The number of rotatable bonds is 5. The van der Waals surface area contributed by atoms with Gasteiger partial charge in [0, 0.05) is 32.5 Å². The number of nitrogens with zero attached hydrogens (tertiary/aromatic N) is 2. The van der Waals surface area contributed by atoms with Gasteiger partial charge >= 0.3 is 0 Å². The Morgan fingerprint density at radius 3 is 2.41 bits per heavy atom. The summed E-state index contributed by atoms with van der Waals surface area (Å²) < 4.78 is 12.1. The molecule has 4 rings (SSSR count). The van der Waals surface area contributed by atoms with Crippen LogP contribution in [0.5, 0.6) is 0 Å². The summed E-state index contributed by atoms with van der Waals surface area (Å²) in [5.74, 6) is -0.116. The largest absolute Gasteiger partial charge is 0.369 e. The molecule has 2 fully saturated rings. The second kappa shape index (κ2) is 9.85. The van der Waals surface area contributed by atoms with Crippen LogP contribution in [0.2, 0.25) is 0 Å². The Hall–Kier alpha value is -1.73. The minimum Gasteiger partial charge on any atom is -0.369 e. The number of hydrogen-bond donors (Lipinski definition) is 1. The fourth-order valence-electron chi connectivity index (χ4n) is 4.52. The van der Waals surface area contributed by atoms with E-state index in [1.54, 1.807) is 13.8 Å². The van der Waals surface area contributed by atoms with Gasteiger partial charge in [0.1, 0.15) is 5.75 Å². The monoisotopic (exact) mass is 421 g/mol. The highest BCUT2D eigenvalue weighted by Crippen LogP contribution is 2.35. The predicted octanol–water partition coefficient (Wildman–Crippen LogP) is 2.92. The zero-order chi connectivity index (χ0) is 21.0. The molecular weight excluding hydrogens is 386 g/mol. The van der Waals surface area contributed by atoms with Crippen molar-refractivity contribution >= 4 is 28.3 Å².